The third kappa shape index (κ3) is 1.47. The highest BCUT2D eigenvalue weighted by Crippen LogP contribution is 2.32. The molecule has 1 aliphatic carbocycles. The Labute approximate surface area is 67.4 Å². The summed E-state index contributed by atoms with van der Waals surface area (Å²) in [5.74, 6) is 1.74. The fourth-order valence-electron chi connectivity index (χ4n) is 1.84. The van der Waals surface area contributed by atoms with Crippen LogP contribution in [0.5, 0.6) is 0 Å². The maximum absolute atomic E-state index is 5.32. The van der Waals surface area contributed by atoms with Gasteiger partial charge in [-0.2, -0.15) is 0 Å². The van der Waals surface area contributed by atoms with Gasteiger partial charge < -0.3 is 4.42 Å². The molecule has 0 spiro atoms. The van der Waals surface area contributed by atoms with Crippen LogP contribution in [0.1, 0.15) is 43.8 Å². The van der Waals surface area contributed by atoms with Crippen molar-refractivity contribution in [3.63, 3.8) is 0 Å². The van der Waals surface area contributed by atoms with E-state index in [0.717, 1.165) is 5.76 Å². The Kier molecular flexibility index (Phi) is 1.97. The molecule has 11 heavy (non-hydrogen) atoms. The fourth-order valence-corrected chi connectivity index (χ4v) is 1.84. The Hall–Kier alpha value is -0.720. The molecule has 0 N–H and O–H groups in total. The molecule has 1 saturated carbocycles. The molecule has 0 unspecified atom stereocenters. The highest BCUT2D eigenvalue weighted by Gasteiger charge is 2.17. The summed E-state index contributed by atoms with van der Waals surface area (Å²) in [6.45, 7) is 0. The van der Waals surface area contributed by atoms with E-state index in [4.69, 9.17) is 4.42 Å². The minimum atomic E-state index is 0.666. The second-order valence-electron chi connectivity index (χ2n) is 3.26. The Morgan fingerprint density at radius 3 is 2.73 bits per heavy atom. The largest absolute Gasteiger partial charge is 0.468 e. The van der Waals surface area contributed by atoms with Crippen molar-refractivity contribution in [2.75, 3.05) is 0 Å². The molecule has 0 atom stereocenters. The van der Waals surface area contributed by atoms with Crippen LogP contribution in [0.3, 0.4) is 0 Å². The Morgan fingerprint density at radius 1 is 1.27 bits per heavy atom. The molecule has 0 amide bonds. The van der Waals surface area contributed by atoms with E-state index < -0.39 is 0 Å². The quantitative estimate of drug-likeness (QED) is 0.598. The van der Waals surface area contributed by atoms with Crippen molar-refractivity contribution < 1.29 is 4.42 Å². The monoisotopic (exact) mass is 149 g/mol. The van der Waals surface area contributed by atoms with E-state index >= 15 is 0 Å². The van der Waals surface area contributed by atoms with E-state index in [1.807, 2.05) is 6.07 Å². The van der Waals surface area contributed by atoms with Gasteiger partial charge in [0.15, 0.2) is 0 Å². The van der Waals surface area contributed by atoms with Crippen molar-refractivity contribution in [3.05, 3.63) is 24.2 Å². The molecule has 2 rings (SSSR count). The summed E-state index contributed by atoms with van der Waals surface area (Å²) < 4.78 is 5.32. The lowest BCUT2D eigenvalue weighted by Gasteiger charge is -2.18. The standard InChI is InChI=1S/C10H13O/c1-2-5-9(6-3-1)10-7-4-8-11-10/h4,8-9H,1-3,5-6H2. The molecule has 1 aromatic heterocycles. The normalized spacial score (nSPS) is 20.4. The average molecular weight is 149 g/mol. The Morgan fingerprint density at radius 2 is 2.09 bits per heavy atom. The van der Waals surface area contributed by atoms with Crippen molar-refractivity contribution in [3.8, 4) is 0 Å². The smallest absolute Gasteiger partial charge is 0.114 e. The van der Waals surface area contributed by atoms with Gasteiger partial charge in [0, 0.05) is 12.0 Å². The lowest BCUT2D eigenvalue weighted by Crippen LogP contribution is -2.02. The van der Waals surface area contributed by atoms with Crippen LogP contribution < -0.4 is 0 Å². The van der Waals surface area contributed by atoms with Gasteiger partial charge in [-0.1, -0.05) is 19.3 Å². The minimum absolute atomic E-state index is 0.666. The zero-order chi connectivity index (χ0) is 7.52. The van der Waals surface area contributed by atoms with Gasteiger partial charge in [0.2, 0.25) is 0 Å². The van der Waals surface area contributed by atoms with E-state index in [-0.39, 0.29) is 0 Å². The predicted molar refractivity (Wildman–Crippen MR) is 43.4 cm³/mol. The summed E-state index contributed by atoms with van der Waals surface area (Å²) in [6.07, 6.45) is 8.44. The number of hydrogen-bond acceptors (Lipinski definition) is 1. The number of hydrogen-bond donors (Lipinski definition) is 0. The van der Waals surface area contributed by atoms with Gasteiger partial charge >= 0.3 is 0 Å². The summed E-state index contributed by atoms with van der Waals surface area (Å²) in [7, 11) is 0. The van der Waals surface area contributed by atoms with E-state index in [0.29, 0.717) is 5.92 Å². The average Bonchev–Trinajstić information content (AvgIpc) is 2.58. The summed E-state index contributed by atoms with van der Waals surface area (Å²) in [4.78, 5) is 0. The lowest BCUT2D eigenvalue weighted by atomic mass is 9.88. The molecule has 1 nitrogen and oxygen atoms in total. The van der Waals surface area contributed by atoms with Crippen molar-refractivity contribution >= 4 is 0 Å². The van der Waals surface area contributed by atoms with Crippen molar-refractivity contribution in [1.29, 1.82) is 0 Å². The fraction of sp³-hybridized carbons (Fsp3) is 0.600. The van der Waals surface area contributed by atoms with Crippen LogP contribution in [0.15, 0.2) is 16.7 Å². The molecule has 1 radical (unpaired) electrons. The van der Waals surface area contributed by atoms with Gasteiger partial charge in [-0.3, -0.25) is 0 Å². The van der Waals surface area contributed by atoms with E-state index in [2.05, 4.69) is 6.07 Å². The Bertz CT molecular complexity index is 195. The SMILES string of the molecule is [c]1ccoc1C1CCCCC1. The van der Waals surface area contributed by atoms with Crippen molar-refractivity contribution in [2.24, 2.45) is 0 Å². The van der Waals surface area contributed by atoms with E-state index in [1.54, 1.807) is 6.26 Å². The van der Waals surface area contributed by atoms with Crippen LogP contribution in [-0.2, 0) is 0 Å². The van der Waals surface area contributed by atoms with Crippen LogP contribution in [0.2, 0.25) is 0 Å². The first-order valence-electron chi connectivity index (χ1n) is 4.42. The third-order valence-electron chi connectivity index (χ3n) is 2.46. The van der Waals surface area contributed by atoms with Crippen LogP contribution in [0.4, 0.5) is 0 Å². The van der Waals surface area contributed by atoms with Crippen LogP contribution >= 0.6 is 0 Å². The van der Waals surface area contributed by atoms with Gasteiger partial charge in [-0.05, 0) is 18.9 Å². The summed E-state index contributed by atoms with van der Waals surface area (Å²) in [6, 6.07) is 5.01. The number of furan rings is 1. The first-order chi connectivity index (χ1) is 5.47. The molecular weight excluding hydrogens is 136 g/mol. The molecule has 1 heterocycles. The second-order valence-corrected chi connectivity index (χ2v) is 3.26. The first kappa shape index (κ1) is 6.96. The Balaban J connectivity index is 2.04. The lowest BCUT2D eigenvalue weighted by molar-refractivity contribution is 0.374. The van der Waals surface area contributed by atoms with Gasteiger partial charge in [0.1, 0.15) is 5.76 Å². The van der Waals surface area contributed by atoms with Gasteiger partial charge in [0.25, 0.3) is 0 Å². The van der Waals surface area contributed by atoms with Crippen molar-refractivity contribution in [1.82, 2.24) is 0 Å². The maximum Gasteiger partial charge on any atom is 0.114 e. The minimum Gasteiger partial charge on any atom is -0.468 e. The second kappa shape index (κ2) is 3.12. The molecule has 0 aromatic carbocycles. The maximum atomic E-state index is 5.32. The molecule has 1 heteroatoms. The molecule has 1 aliphatic rings. The summed E-state index contributed by atoms with van der Waals surface area (Å²) in [5.41, 5.74) is 0. The van der Waals surface area contributed by atoms with Gasteiger partial charge in [-0.15, -0.1) is 0 Å². The first-order valence-corrected chi connectivity index (χ1v) is 4.42. The zero-order valence-corrected chi connectivity index (χ0v) is 6.68. The number of rotatable bonds is 1. The highest BCUT2D eigenvalue weighted by atomic mass is 16.3. The van der Waals surface area contributed by atoms with E-state index in [1.165, 1.54) is 32.1 Å². The molecule has 0 aliphatic heterocycles. The molecular formula is C10H13O. The van der Waals surface area contributed by atoms with Crippen LogP contribution in [-0.4, -0.2) is 0 Å². The highest BCUT2D eigenvalue weighted by molar-refractivity contribution is 5.03. The summed E-state index contributed by atoms with van der Waals surface area (Å²) >= 11 is 0. The molecule has 0 saturated heterocycles. The topological polar surface area (TPSA) is 13.1 Å². The van der Waals surface area contributed by atoms with E-state index in [9.17, 15) is 0 Å². The summed E-state index contributed by atoms with van der Waals surface area (Å²) in [5, 5.41) is 0. The van der Waals surface area contributed by atoms with Crippen molar-refractivity contribution in [2.45, 2.75) is 38.0 Å². The third-order valence-corrected chi connectivity index (χ3v) is 2.46. The predicted octanol–water partition coefficient (Wildman–Crippen LogP) is 3.13. The molecule has 59 valence electrons. The molecule has 1 fully saturated rings. The van der Waals surface area contributed by atoms with Gasteiger partial charge in [0.05, 0.1) is 6.26 Å². The molecule has 1 aromatic rings. The van der Waals surface area contributed by atoms with Crippen LogP contribution in [0.25, 0.3) is 0 Å². The molecule has 0 bridgehead atoms. The zero-order valence-electron chi connectivity index (χ0n) is 6.68. The van der Waals surface area contributed by atoms with Gasteiger partial charge in [-0.25, -0.2) is 0 Å². The van der Waals surface area contributed by atoms with Crippen LogP contribution in [0, 0.1) is 6.07 Å².